The maximum absolute atomic E-state index is 12.2. The second-order valence-electron chi connectivity index (χ2n) is 6.20. The van der Waals surface area contributed by atoms with E-state index >= 15 is 0 Å². The molecule has 1 saturated carbocycles. The molecule has 134 valence electrons. The van der Waals surface area contributed by atoms with Crippen molar-refractivity contribution in [1.82, 2.24) is 29.8 Å². The van der Waals surface area contributed by atoms with E-state index in [0.717, 1.165) is 24.2 Å². The molecule has 0 atom stereocenters. The van der Waals surface area contributed by atoms with Crippen molar-refractivity contribution in [2.75, 3.05) is 11.1 Å². The van der Waals surface area contributed by atoms with Crippen molar-refractivity contribution in [2.45, 2.75) is 36.9 Å². The summed E-state index contributed by atoms with van der Waals surface area (Å²) in [6.07, 6.45) is 9.97. The van der Waals surface area contributed by atoms with Crippen molar-refractivity contribution in [2.24, 2.45) is 0 Å². The third kappa shape index (κ3) is 3.77. The monoisotopic (exact) mass is 369 g/mol. The molecule has 0 unspecified atom stereocenters. The van der Waals surface area contributed by atoms with Crippen molar-refractivity contribution in [1.29, 1.82) is 0 Å². The van der Waals surface area contributed by atoms with Crippen molar-refractivity contribution < 1.29 is 4.79 Å². The van der Waals surface area contributed by atoms with Crippen LogP contribution in [0.2, 0.25) is 0 Å². The number of benzene rings is 1. The zero-order valence-corrected chi connectivity index (χ0v) is 15.0. The molecule has 1 amide bonds. The number of nitrogens with zero attached hydrogens (tertiary/aromatic N) is 6. The highest BCUT2D eigenvalue weighted by atomic mass is 32.2. The molecule has 2 aromatic heterocycles. The molecule has 1 fully saturated rings. The van der Waals surface area contributed by atoms with E-state index in [1.807, 2.05) is 39.7 Å². The number of imidazole rings is 1. The number of anilines is 1. The van der Waals surface area contributed by atoms with Gasteiger partial charge in [0.15, 0.2) is 0 Å². The first-order valence-electron chi connectivity index (χ1n) is 8.58. The van der Waals surface area contributed by atoms with Gasteiger partial charge in [-0.15, -0.1) is 5.10 Å². The number of tetrazole rings is 1. The van der Waals surface area contributed by atoms with Crippen molar-refractivity contribution in [3.63, 3.8) is 0 Å². The summed E-state index contributed by atoms with van der Waals surface area (Å²) in [6.45, 7) is 0. The fourth-order valence-electron chi connectivity index (χ4n) is 3.11. The summed E-state index contributed by atoms with van der Waals surface area (Å²) in [4.78, 5) is 16.3. The molecule has 3 aromatic rings. The Balaban J connectivity index is 1.32. The molecule has 0 radical (unpaired) electrons. The lowest BCUT2D eigenvalue weighted by atomic mass is 10.3. The standard InChI is InChI=1S/C17H19N7OS/c25-16(11-26-17-20-21-22-24(17)15-3-1-2-4-15)19-13-5-7-14(8-6-13)23-10-9-18-12-23/h5-10,12,15H,1-4,11H2,(H,19,25). The van der Waals surface area contributed by atoms with E-state index < -0.39 is 0 Å². The van der Waals surface area contributed by atoms with Crippen LogP contribution in [0.4, 0.5) is 5.69 Å². The summed E-state index contributed by atoms with van der Waals surface area (Å²) in [5, 5.41) is 15.5. The Labute approximate surface area is 155 Å². The Bertz CT molecular complexity index is 854. The fourth-order valence-corrected chi connectivity index (χ4v) is 3.86. The maximum Gasteiger partial charge on any atom is 0.234 e. The van der Waals surface area contributed by atoms with Gasteiger partial charge in [-0.3, -0.25) is 4.79 Å². The molecular weight excluding hydrogens is 350 g/mol. The first-order valence-corrected chi connectivity index (χ1v) is 9.57. The summed E-state index contributed by atoms with van der Waals surface area (Å²) in [5.74, 6) is 0.197. The summed E-state index contributed by atoms with van der Waals surface area (Å²) < 4.78 is 3.77. The molecule has 0 aliphatic heterocycles. The molecule has 2 heterocycles. The Morgan fingerprint density at radius 3 is 2.77 bits per heavy atom. The van der Waals surface area contributed by atoms with Gasteiger partial charge in [0, 0.05) is 23.8 Å². The van der Waals surface area contributed by atoms with Crippen molar-refractivity contribution in [3.8, 4) is 5.69 Å². The van der Waals surface area contributed by atoms with Gasteiger partial charge in [0.05, 0.1) is 18.1 Å². The number of nitrogens with one attached hydrogen (secondary N) is 1. The van der Waals surface area contributed by atoms with Gasteiger partial charge in [0.25, 0.3) is 0 Å². The molecule has 4 rings (SSSR count). The topological polar surface area (TPSA) is 90.5 Å². The molecule has 1 aliphatic carbocycles. The first-order chi connectivity index (χ1) is 12.8. The van der Waals surface area contributed by atoms with Crippen molar-refractivity contribution >= 4 is 23.4 Å². The molecule has 0 bridgehead atoms. The van der Waals surface area contributed by atoms with E-state index in [0.29, 0.717) is 11.2 Å². The third-order valence-electron chi connectivity index (χ3n) is 4.42. The van der Waals surface area contributed by atoms with Gasteiger partial charge in [-0.2, -0.15) is 0 Å². The lowest BCUT2D eigenvalue weighted by Gasteiger charge is -2.11. The van der Waals surface area contributed by atoms with Gasteiger partial charge in [-0.1, -0.05) is 24.6 Å². The Morgan fingerprint density at radius 2 is 2.04 bits per heavy atom. The van der Waals surface area contributed by atoms with Crippen LogP contribution in [-0.4, -0.2) is 41.4 Å². The quantitative estimate of drug-likeness (QED) is 0.672. The highest BCUT2D eigenvalue weighted by molar-refractivity contribution is 7.99. The average molecular weight is 369 g/mol. The number of carbonyl (C=O) groups excluding carboxylic acids is 1. The highest BCUT2D eigenvalue weighted by Gasteiger charge is 2.22. The molecule has 0 spiro atoms. The van der Waals surface area contributed by atoms with Gasteiger partial charge in [-0.25, -0.2) is 9.67 Å². The van der Waals surface area contributed by atoms with Crippen LogP contribution >= 0.6 is 11.8 Å². The fraction of sp³-hybridized carbons (Fsp3) is 0.353. The first kappa shape index (κ1) is 16.8. The second kappa shape index (κ2) is 7.69. The minimum atomic E-state index is -0.0775. The summed E-state index contributed by atoms with van der Waals surface area (Å²) >= 11 is 1.37. The molecule has 1 aliphatic rings. The van der Waals surface area contributed by atoms with E-state index in [9.17, 15) is 4.79 Å². The Hall–Kier alpha value is -2.68. The summed E-state index contributed by atoms with van der Waals surface area (Å²) in [5.41, 5.74) is 1.75. The van der Waals surface area contributed by atoms with E-state index in [-0.39, 0.29) is 11.7 Å². The predicted molar refractivity (Wildman–Crippen MR) is 98.2 cm³/mol. The largest absolute Gasteiger partial charge is 0.325 e. The summed E-state index contributed by atoms with van der Waals surface area (Å²) in [7, 11) is 0. The number of hydrogen-bond donors (Lipinski definition) is 1. The Morgan fingerprint density at radius 1 is 1.23 bits per heavy atom. The number of rotatable bonds is 6. The van der Waals surface area contributed by atoms with E-state index in [4.69, 9.17) is 0 Å². The number of amides is 1. The lowest BCUT2D eigenvalue weighted by molar-refractivity contribution is -0.113. The molecule has 9 heteroatoms. The number of carbonyl (C=O) groups is 1. The van der Waals surface area contributed by atoms with Crippen molar-refractivity contribution in [3.05, 3.63) is 43.0 Å². The van der Waals surface area contributed by atoms with E-state index in [1.54, 1.807) is 12.5 Å². The van der Waals surface area contributed by atoms with Crippen LogP contribution in [0, 0.1) is 0 Å². The van der Waals surface area contributed by atoms with Crippen LogP contribution in [0.3, 0.4) is 0 Å². The smallest absolute Gasteiger partial charge is 0.234 e. The van der Waals surface area contributed by atoms with E-state index in [2.05, 4.69) is 25.8 Å². The maximum atomic E-state index is 12.2. The highest BCUT2D eigenvalue weighted by Crippen LogP contribution is 2.31. The average Bonchev–Trinajstić information content (AvgIpc) is 3.42. The zero-order chi connectivity index (χ0) is 17.8. The molecule has 1 N–H and O–H groups in total. The normalized spacial score (nSPS) is 14.6. The van der Waals surface area contributed by atoms with Crippen LogP contribution in [-0.2, 0) is 4.79 Å². The lowest BCUT2D eigenvalue weighted by Crippen LogP contribution is -2.15. The molecular formula is C17H19N7OS. The minimum Gasteiger partial charge on any atom is -0.325 e. The second-order valence-corrected chi connectivity index (χ2v) is 7.14. The van der Waals surface area contributed by atoms with Gasteiger partial charge in [0.1, 0.15) is 0 Å². The number of hydrogen-bond acceptors (Lipinski definition) is 6. The van der Waals surface area contributed by atoms with Gasteiger partial charge < -0.3 is 9.88 Å². The molecule has 8 nitrogen and oxygen atoms in total. The van der Waals surface area contributed by atoms with Gasteiger partial charge in [-0.05, 0) is 47.5 Å². The molecule has 26 heavy (non-hydrogen) atoms. The molecule has 1 aromatic carbocycles. The number of aromatic nitrogens is 6. The molecule has 0 saturated heterocycles. The van der Waals surface area contributed by atoms with Crippen LogP contribution in [0.15, 0.2) is 48.1 Å². The predicted octanol–water partition coefficient (Wildman–Crippen LogP) is 2.70. The van der Waals surface area contributed by atoms with Gasteiger partial charge in [0.2, 0.25) is 11.1 Å². The van der Waals surface area contributed by atoms with Crippen LogP contribution in [0.5, 0.6) is 0 Å². The zero-order valence-electron chi connectivity index (χ0n) is 14.2. The third-order valence-corrected chi connectivity index (χ3v) is 5.35. The Kier molecular flexibility index (Phi) is 4.96. The number of thioether (sulfide) groups is 1. The summed E-state index contributed by atoms with van der Waals surface area (Å²) in [6, 6.07) is 7.99. The van der Waals surface area contributed by atoms with Gasteiger partial charge >= 0.3 is 0 Å². The van der Waals surface area contributed by atoms with E-state index in [1.165, 1.54) is 24.6 Å². The SMILES string of the molecule is O=C(CSc1nnnn1C1CCCC1)Nc1ccc(-n2ccnc2)cc1. The van der Waals surface area contributed by atoms with Crippen LogP contribution in [0.25, 0.3) is 5.69 Å². The van der Waals surface area contributed by atoms with Crippen LogP contribution < -0.4 is 5.32 Å². The minimum absolute atomic E-state index is 0.0775. The van der Waals surface area contributed by atoms with Crippen LogP contribution in [0.1, 0.15) is 31.7 Å².